The van der Waals surface area contributed by atoms with Gasteiger partial charge in [-0.3, -0.25) is 0 Å². The average Bonchev–Trinajstić information content (AvgIpc) is 2.97. The van der Waals surface area contributed by atoms with Crippen molar-refractivity contribution >= 4 is 11.8 Å². The van der Waals surface area contributed by atoms with Crippen LogP contribution in [0.4, 0.5) is 4.39 Å². The zero-order valence-electron chi connectivity index (χ0n) is 22.4. The van der Waals surface area contributed by atoms with E-state index in [0.29, 0.717) is 10.5 Å². The van der Waals surface area contributed by atoms with Crippen molar-refractivity contribution in [3.63, 3.8) is 0 Å². The van der Waals surface area contributed by atoms with Gasteiger partial charge in [0.2, 0.25) is 0 Å². The van der Waals surface area contributed by atoms with Crippen LogP contribution in [0.1, 0.15) is 66.5 Å². The Labute approximate surface area is 236 Å². The van der Waals surface area contributed by atoms with Crippen molar-refractivity contribution in [2.75, 3.05) is 0 Å². The zero-order valence-corrected chi connectivity index (χ0v) is 23.2. The van der Waals surface area contributed by atoms with Crippen LogP contribution in [0.15, 0.2) is 89.8 Å². The fourth-order valence-corrected chi connectivity index (χ4v) is 4.66. The third-order valence-corrected chi connectivity index (χ3v) is 7.15. The van der Waals surface area contributed by atoms with Gasteiger partial charge in [0.05, 0.1) is 4.90 Å². The molecule has 0 radical (unpaired) electrons. The summed E-state index contributed by atoms with van der Waals surface area (Å²) in [4.78, 5) is 0.307. The molecule has 0 saturated heterocycles. The molecule has 0 amide bonds. The highest BCUT2D eigenvalue weighted by Gasteiger charge is 2.04. The molecule has 0 spiro atoms. The van der Waals surface area contributed by atoms with Crippen LogP contribution < -0.4 is 0 Å². The molecule has 0 atom stereocenters. The largest absolute Gasteiger partial charge is 0.206 e. The van der Waals surface area contributed by atoms with E-state index in [4.69, 9.17) is 5.26 Å². The number of nitriles is 1. The third-order valence-electron chi connectivity index (χ3n) is 6.51. The van der Waals surface area contributed by atoms with Crippen molar-refractivity contribution in [3.8, 4) is 40.2 Å². The normalized spacial score (nSPS) is 10.1. The quantitative estimate of drug-likeness (QED) is 0.104. The minimum Gasteiger partial charge on any atom is -0.206 e. The van der Waals surface area contributed by atoms with Crippen molar-refractivity contribution in [3.05, 3.63) is 124 Å². The van der Waals surface area contributed by atoms with Crippen molar-refractivity contribution in [1.82, 2.24) is 0 Å². The maximum absolute atomic E-state index is 14.1. The number of unbranched alkanes of at least 4 members (excludes halogenated alkanes) is 2. The number of thioether (sulfide) groups is 1. The molecule has 0 fully saturated rings. The van der Waals surface area contributed by atoms with Gasteiger partial charge in [-0.2, -0.15) is 5.26 Å². The first-order chi connectivity index (χ1) is 19.1. The highest BCUT2D eigenvalue weighted by atomic mass is 32.2. The van der Waals surface area contributed by atoms with E-state index in [1.54, 1.807) is 12.1 Å². The van der Waals surface area contributed by atoms with Crippen LogP contribution in [-0.4, -0.2) is 0 Å². The molecule has 4 aromatic rings. The van der Waals surface area contributed by atoms with Crippen molar-refractivity contribution in [2.24, 2.45) is 0 Å². The van der Waals surface area contributed by atoms with Crippen LogP contribution in [0.25, 0.3) is 11.1 Å². The fourth-order valence-electron chi connectivity index (χ4n) is 4.27. The van der Waals surface area contributed by atoms with Crippen molar-refractivity contribution < 1.29 is 4.39 Å². The van der Waals surface area contributed by atoms with Gasteiger partial charge >= 0.3 is 0 Å². The molecule has 0 saturated carbocycles. The summed E-state index contributed by atoms with van der Waals surface area (Å²) in [5.74, 6) is 12.3. The number of benzene rings is 4. The third kappa shape index (κ3) is 7.88. The number of aryl methyl sites for hydroxylation is 2. The molecule has 0 heterocycles. The maximum atomic E-state index is 14.1. The summed E-state index contributed by atoms with van der Waals surface area (Å²) < 4.78 is 14.1. The molecule has 4 rings (SSSR count). The molecule has 0 aromatic heterocycles. The number of hydrogen-bond acceptors (Lipinski definition) is 2. The number of thiocyanates is 1. The lowest BCUT2D eigenvalue weighted by Gasteiger charge is -2.05. The van der Waals surface area contributed by atoms with Gasteiger partial charge in [0, 0.05) is 22.3 Å². The van der Waals surface area contributed by atoms with Crippen LogP contribution in [-0.2, 0) is 12.8 Å². The lowest BCUT2D eigenvalue weighted by Crippen LogP contribution is -1.90. The average molecular weight is 528 g/mol. The van der Waals surface area contributed by atoms with E-state index >= 15 is 0 Å². The number of nitrogens with zero attached hydrogens (tertiary/aromatic N) is 1. The smallest absolute Gasteiger partial charge is 0.139 e. The van der Waals surface area contributed by atoms with E-state index in [1.165, 1.54) is 42.0 Å². The molecule has 0 aliphatic heterocycles. The second-order valence-electron chi connectivity index (χ2n) is 9.30. The predicted octanol–water partition coefficient (Wildman–Crippen LogP) is 9.16. The molecule has 0 aliphatic carbocycles. The Morgan fingerprint density at radius 3 is 1.97 bits per heavy atom. The van der Waals surface area contributed by atoms with E-state index in [0.717, 1.165) is 46.9 Å². The standard InChI is InChI=1S/C36H30FNS/c1-3-5-6-7-27-10-17-33(18-11-27)34-19-12-28(13-20-34)8-9-29-14-21-32(31(4-2)24-29)22-15-30-16-23-36(39-26-38)35(37)25-30/h10-14,16-21,23-25H,3-7H2,1-2H3. The monoisotopic (exact) mass is 527 g/mol. The molecular weight excluding hydrogens is 497 g/mol. The Morgan fingerprint density at radius 2 is 1.31 bits per heavy atom. The predicted molar refractivity (Wildman–Crippen MR) is 161 cm³/mol. The Hall–Kier alpha value is -4.23. The minimum absolute atomic E-state index is 0.307. The molecule has 0 N–H and O–H groups in total. The first-order valence-electron chi connectivity index (χ1n) is 13.3. The van der Waals surface area contributed by atoms with Gasteiger partial charge in [0.15, 0.2) is 0 Å². The van der Waals surface area contributed by atoms with Crippen LogP contribution >= 0.6 is 11.8 Å². The van der Waals surface area contributed by atoms with E-state index in [2.05, 4.69) is 92.1 Å². The summed E-state index contributed by atoms with van der Waals surface area (Å²) in [5.41, 5.74) is 8.29. The van der Waals surface area contributed by atoms with Crippen LogP contribution in [0.3, 0.4) is 0 Å². The highest BCUT2D eigenvalue weighted by molar-refractivity contribution is 8.03. The first-order valence-corrected chi connectivity index (χ1v) is 14.1. The number of hydrogen-bond donors (Lipinski definition) is 0. The van der Waals surface area contributed by atoms with Gasteiger partial charge in [-0.25, -0.2) is 4.39 Å². The van der Waals surface area contributed by atoms with Crippen LogP contribution in [0, 0.1) is 40.2 Å². The Balaban J connectivity index is 1.44. The summed E-state index contributed by atoms with van der Waals surface area (Å²) in [6.07, 6.45) is 5.74. The van der Waals surface area contributed by atoms with E-state index in [1.807, 2.05) is 17.5 Å². The number of halogens is 1. The van der Waals surface area contributed by atoms with Gasteiger partial charge in [0.1, 0.15) is 11.2 Å². The lowest BCUT2D eigenvalue weighted by molar-refractivity contribution is 0.602. The molecule has 1 nitrogen and oxygen atoms in total. The van der Waals surface area contributed by atoms with Gasteiger partial charge < -0.3 is 0 Å². The fraction of sp³-hybridized carbons (Fsp3) is 0.194. The van der Waals surface area contributed by atoms with Gasteiger partial charge in [-0.05, 0) is 102 Å². The highest BCUT2D eigenvalue weighted by Crippen LogP contribution is 2.22. The Kier molecular flexibility index (Phi) is 10.0. The van der Waals surface area contributed by atoms with Crippen molar-refractivity contribution in [1.29, 1.82) is 5.26 Å². The summed E-state index contributed by atoms with van der Waals surface area (Å²) in [6.45, 7) is 4.32. The second kappa shape index (κ2) is 14.1. The summed E-state index contributed by atoms with van der Waals surface area (Å²) in [7, 11) is 0. The molecule has 39 heavy (non-hydrogen) atoms. The molecule has 0 aliphatic rings. The van der Waals surface area contributed by atoms with Gasteiger partial charge in [-0.1, -0.05) is 86.8 Å². The van der Waals surface area contributed by atoms with Gasteiger partial charge in [0.25, 0.3) is 0 Å². The summed E-state index contributed by atoms with van der Waals surface area (Å²) >= 11 is 0.808. The van der Waals surface area contributed by atoms with Crippen LogP contribution in [0.5, 0.6) is 0 Å². The van der Waals surface area contributed by atoms with E-state index in [-0.39, 0.29) is 0 Å². The SMILES string of the molecule is CCCCCc1ccc(-c2ccc(C#Cc3ccc(C#Cc4ccc(SC#N)c(F)c4)c(CC)c3)cc2)cc1. The molecule has 192 valence electrons. The zero-order chi connectivity index (χ0) is 27.5. The summed E-state index contributed by atoms with van der Waals surface area (Å²) in [6, 6.07) is 28.0. The molecular formula is C36H30FNS. The second-order valence-corrected chi connectivity index (χ2v) is 10.1. The number of rotatable bonds is 7. The van der Waals surface area contributed by atoms with E-state index in [9.17, 15) is 4.39 Å². The molecule has 0 bridgehead atoms. The topological polar surface area (TPSA) is 23.8 Å². The molecule has 0 unspecified atom stereocenters. The summed E-state index contributed by atoms with van der Waals surface area (Å²) in [5, 5.41) is 10.6. The Bertz CT molecular complexity index is 1590. The van der Waals surface area contributed by atoms with Crippen LogP contribution in [0.2, 0.25) is 0 Å². The Morgan fingerprint density at radius 1 is 0.692 bits per heavy atom. The van der Waals surface area contributed by atoms with E-state index < -0.39 is 5.82 Å². The van der Waals surface area contributed by atoms with Gasteiger partial charge in [-0.15, -0.1) is 0 Å². The maximum Gasteiger partial charge on any atom is 0.139 e. The molecule has 4 aromatic carbocycles. The minimum atomic E-state index is -0.432. The van der Waals surface area contributed by atoms with Crippen molar-refractivity contribution in [2.45, 2.75) is 50.8 Å². The lowest BCUT2D eigenvalue weighted by atomic mass is 10.00. The molecule has 3 heteroatoms. The first kappa shape index (κ1) is 27.8.